The van der Waals surface area contributed by atoms with Gasteiger partial charge in [-0.15, -0.1) is 36.1 Å². The molecule has 0 bridgehead atoms. The molecule has 6 heteroatoms. The average molecular weight is 734 g/mol. The molecule has 0 aromatic heterocycles. The molecule has 3 aliphatic carbocycles. The summed E-state index contributed by atoms with van der Waals surface area (Å²) in [6.07, 6.45) is 12.3. The third kappa shape index (κ3) is 12.5. The van der Waals surface area contributed by atoms with Gasteiger partial charge in [-0.2, -0.15) is 23.6 Å². The van der Waals surface area contributed by atoms with Gasteiger partial charge in [-0.1, -0.05) is 17.2 Å². The zero-order valence-electron chi connectivity index (χ0n) is 22.9. The molecular weight excluding hydrogens is 697 g/mol. The van der Waals surface area contributed by atoms with E-state index in [2.05, 4.69) is 96.2 Å². The summed E-state index contributed by atoms with van der Waals surface area (Å²) in [5.74, 6) is 0. The molecule has 0 unspecified atom stereocenters. The molecule has 2 aromatic rings. The van der Waals surface area contributed by atoms with Crippen LogP contribution in [0.2, 0.25) is 0 Å². The zero-order chi connectivity index (χ0) is 24.4. The van der Waals surface area contributed by atoms with Crippen molar-refractivity contribution in [3.8, 4) is 0 Å². The van der Waals surface area contributed by atoms with Crippen LogP contribution in [0, 0.1) is 13.5 Å². The minimum atomic E-state index is -0.826. The van der Waals surface area contributed by atoms with Gasteiger partial charge in [-0.05, 0) is 87.8 Å². The number of allylic oxidation sites excluding steroid dienone is 12. The second kappa shape index (κ2) is 22.0. The number of benzene rings is 1. The summed E-state index contributed by atoms with van der Waals surface area (Å²) in [5, 5.41) is 2.66. The predicted octanol–water partition coefficient (Wildman–Crippen LogP) is 4.80. The maximum Gasteiger partial charge on any atom is 3.00 e. The van der Waals surface area contributed by atoms with Gasteiger partial charge >= 0.3 is 64.1 Å². The van der Waals surface area contributed by atoms with Crippen LogP contribution in [0.1, 0.15) is 60.8 Å². The summed E-state index contributed by atoms with van der Waals surface area (Å²) in [4.78, 5) is 0. The Morgan fingerprint density at radius 2 is 1.27 bits per heavy atom. The molecule has 1 radical (unpaired) electrons. The van der Waals surface area contributed by atoms with E-state index in [1.165, 1.54) is 45.9 Å². The molecule has 0 atom stereocenters. The fourth-order valence-corrected chi connectivity index (χ4v) is 4.23. The van der Waals surface area contributed by atoms with Crippen molar-refractivity contribution in [2.75, 3.05) is 0 Å². The molecule has 0 fully saturated rings. The monoisotopic (exact) mass is 729 g/mol. The molecule has 0 saturated heterocycles. The van der Waals surface area contributed by atoms with Gasteiger partial charge in [0.05, 0.1) is 0 Å². The van der Waals surface area contributed by atoms with Gasteiger partial charge in [0.15, 0.2) is 0 Å². The Kier molecular flexibility index (Phi) is 24.7. The quantitative estimate of drug-likeness (QED) is 0.370. The van der Waals surface area contributed by atoms with Crippen LogP contribution >= 0.6 is 17.0 Å². The van der Waals surface area contributed by atoms with Gasteiger partial charge in [0.1, 0.15) is 0 Å². The molecule has 0 aliphatic heterocycles. The summed E-state index contributed by atoms with van der Waals surface area (Å²) >= 11 is -0.826. The Bertz CT molecular complexity index is 1060. The van der Waals surface area contributed by atoms with Crippen LogP contribution < -0.4 is 24.8 Å². The minimum Gasteiger partial charge on any atom is -0.168 e. The molecule has 0 nitrogen and oxygen atoms in total. The van der Waals surface area contributed by atoms with E-state index in [4.69, 9.17) is 17.0 Å². The zero-order valence-corrected chi connectivity index (χ0v) is 30.8. The van der Waals surface area contributed by atoms with Crippen LogP contribution in [-0.4, -0.2) is 0 Å². The molecule has 0 saturated carbocycles. The first-order valence-electron chi connectivity index (χ1n) is 11.3. The smallest absolute Gasteiger partial charge is 0.168 e. The maximum absolute atomic E-state index is 4.93. The van der Waals surface area contributed by atoms with Crippen LogP contribution in [0.3, 0.4) is 0 Å². The molecule has 37 heavy (non-hydrogen) atoms. The third-order valence-electron chi connectivity index (χ3n) is 6.69. The Morgan fingerprint density at radius 1 is 0.784 bits per heavy atom. The van der Waals surface area contributed by atoms with Crippen molar-refractivity contribution in [2.45, 2.75) is 60.8 Å². The Labute approximate surface area is 276 Å². The Hall–Kier alpha value is 0.196. The van der Waals surface area contributed by atoms with Gasteiger partial charge in [0.25, 0.3) is 0 Å². The molecule has 0 heterocycles. The number of rotatable bonds is 1. The van der Waals surface area contributed by atoms with Gasteiger partial charge in [-0.3, -0.25) is 6.08 Å². The number of fused-ring (bicyclic) bond motifs is 1. The van der Waals surface area contributed by atoms with Gasteiger partial charge < -0.3 is 32.2 Å². The van der Waals surface area contributed by atoms with Crippen LogP contribution in [0.5, 0.6) is 0 Å². The summed E-state index contributed by atoms with van der Waals surface area (Å²) in [6.45, 7) is 13.6. The Morgan fingerprint density at radius 3 is 1.59 bits per heavy atom. The average Bonchev–Trinajstić information content (AvgIpc) is 3.61. The summed E-state index contributed by atoms with van der Waals surface area (Å²) in [5.41, 5.74) is 12.4. The van der Waals surface area contributed by atoms with Crippen molar-refractivity contribution in [1.82, 2.24) is 0 Å². The first-order chi connectivity index (χ1) is 15.8. The minimum absolute atomic E-state index is 0. The summed E-state index contributed by atoms with van der Waals surface area (Å²) in [7, 11) is 9.87. The SMILES string of the molecule is CC1=C(C)C(C)=C(C2=C(C)C(C)=C(C)C2)C1.[C-]1=CC=CC1.[CH3-].[Cl-].[Cl-].[Cl][Zr+2][Cl].[Zr+3].c1ccc2[cH-]ccc2c1. The van der Waals surface area contributed by atoms with Crippen molar-refractivity contribution in [1.29, 1.82) is 0 Å². The third-order valence-corrected chi connectivity index (χ3v) is 6.69. The summed E-state index contributed by atoms with van der Waals surface area (Å²) < 4.78 is 0. The second-order valence-electron chi connectivity index (χ2n) is 8.60. The van der Waals surface area contributed by atoms with Crippen LogP contribution in [0.4, 0.5) is 0 Å². The van der Waals surface area contributed by atoms with Crippen LogP contribution in [-0.2, 0) is 47.1 Å². The maximum atomic E-state index is 4.93. The normalized spacial score (nSPS) is 14.7. The van der Waals surface area contributed by atoms with E-state index in [0.29, 0.717) is 0 Å². The van der Waals surface area contributed by atoms with Crippen molar-refractivity contribution in [3.63, 3.8) is 0 Å². The molecule has 2 aromatic carbocycles. The van der Waals surface area contributed by atoms with Crippen molar-refractivity contribution >= 4 is 27.8 Å². The van der Waals surface area contributed by atoms with E-state index in [9.17, 15) is 0 Å². The van der Waals surface area contributed by atoms with Gasteiger partial charge in [0.2, 0.25) is 0 Å². The first-order valence-corrected chi connectivity index (χ1v) is 17.7. The fraction of sp³-hybridized carbons (Fsp3) is 0.290. The number of hydrogen-bond donors (Lipinski definition) is 0. The van der Waals surface area contributed by atoms with E-state index < -0.39 is 20.8 Å². The van der Waals surface area contributed by atoms with Crippen molar-refractivity contribution < 1.29 is 71.9 Å². The van der Waals surface area contributed by atoms with E-state index >= 15 is 0 Å². The second-order valence-corrected chi connectivity index (χ2v) is 12.3. The molecule has 0 amide bonds. The molecular formula is C31H37Cl4Zr2. The predicted molar refractivity (Wildman–Crippen MR) is 151 cm³/mol. The van der Waals surface area contributed by atoms with Gasteiger partial charge in [-0.25, -0.2) is 12.2 Å². The summed E-state index contributed by atoms with van der Waals surface area (Å²) in [6, 6.07) is 14.7. The van der Waals surface area contributed by atoms with E-state index in [-0.39, 0.29) is 58.4 Å². The molecule has 5 rings (SSSR count). The first kappa shape index (κ1) is 41.7. The van der Waals surface area contributed by atoms with Gasteiger partial charge in [0, 0.05) is 0 Å². The van der Waals surface area contributed by atoms with E-state index in [1.54, 1.807) is 22.3 Å². The molecule has 197 valence electrons. The van der Waals surface area contributed by atoms with Crippen LogP contribution in [0.25, 0.3) is 10.8 Å². The van der Waals surface area contributed by atoms with E-state index in [1.807, 2.05) is 12.2 Å². The largest absolute Gasteiger partial charge is 3.00 e. The van der Waals surface area contributed by atoms with Crippen LogP contribution in [0.15, 0.2) is 105 Å². The fourth-order valence-electron chi connectivity index (χ4n) is 4.23. The Balaban J connectivity index is -0.000000470. The van der Waals surface area contributed by atoms with Crippen molar-refractivity contribution in [2.24, 2.45) is 0 Å². The topological polar surface area (TPSA) is 0 Å². The molecule has 0 N–H and O–H groups in total. The number of hydrogen-bond acceptors (Lipinski definition) is 0. The molecule has 3 aliphatic rings. The van der Waals surface area contributed by atoms with E-state index in [0.717, 1.165) is 6.42 Å². The van der Waals surface area contributed by atoms with Crippen molar-refractivity contribution in [3.05, 3.63) is 119 Å². The molecule has 0 spiro atoms. The number of halogens is 4. The standard InChI is InChI=1S/C16H22.C9H7.C5H5.CH3.4ClH.2Zr/c1-9-7-15(13(5)11(9)3)16-8-10(2)12(4)14(16)6;1-2-5-9-7-3-6-8(9)4-1;1-2-4-5-3-1;;;;;;;/h7-8H2,1-6H3;1-7H;1-3H,4H2;1H3;4*1H;;/q;3*-1;;;;;+3;+4/p-4.